The lowest BCUT2D eigenvalue weighted by atomic mass is 10.1. The highest BCUT2D eigenvalue weighted by Gasteiger charge is 2.51. The van der Waals surface area contributed by atoms with E-state index in [1.807, 2.05) is 84.6 Å². The standard InChI is InChI=1S/C33H28N3OP.2ClH/c1-26-20-22-27(23-21-26)33(37)35-32(25-36-24-12-11-19-31(36)34)38(28-13-5-2-6-14-28,29-15-7-3-8-16-29)30-17-9-4-10-18-30;;/h2-25,34H,1H3;2*1H/b32-25+;;. The van der Waals surface area contributed by atoms with Crippen LogP contribution in [0.5, 0.6) is 0 Å². The third-order valence-electron chi connectivity index (χ3n) is 6.53. The summed E-state index contributed by atoms with van der Waals surface area (Å²) in [6.07, 6.45) is 3.88. The van der Waals surface area contributed by atoms with Crippen LogP contribution in [-0.4, -0.2) is 5.91 Å². The van der Waals surface area contributed by atoms with E-state index >= 15 is 0 Å². The third-order valence-corrected chi connectivity index (χ3v) is 10.7. The van der Waals surface area contributed by atoms with Gasteiger partial charge in [0.05, 0.1) is 6.20 Å². The fraction of sp³-hybridized carbons (Fsp3) is 0.0303. The Morgan fingerprint density at radius 1 is 0.675 bits per heavy atom. The van der Waals surface area contributed by atoms with Crippen LogP contribution in [0, 0.1) is 6.92 Å². The number of aromatic nitrogens is 1. The summed E-state index contributed by atoms with van der Waals surface area (Å²) in [5.74, 6) is 0.403. The maximum Gasteiger partial charge on any atom is 0.277 e. The summed E-state index contributed by atoms with van der Waals surface area (Å²) < 4.78 is 1.87. The van der Waals surface area contributed by atoms with Crippen molar-refractivity contribution in [2.45, 2.75) is 6.92 Å². The molecule has 4 aromatic carbocycles. The maximum absolute atomic E-state index is 13.8. The zero-order valence-electron chi connectivity index (χ0n) is 22.0. The first-order valence-corrected chi connectivity index (χ1v) is 14.3. The molecule has 1 heterocycles. The summed E-state index contributed by atoms with van der Waals surface area (Å²) in [4.78, 5) is 13.8. The minimum atomic E-state index is -2.58. The van der Waals surface area contributed by atoms with E-state index in [-0.39, 0.29) is 30.7 Å². The Bertz CT molecular complexity index is 1470. The lowest BCUT2D eigenvalue weighted by molar-refractivity contribution is -0.552. The zero-order chi connectivity index (χ0) is 26.4. The van der Waals surface area contributed by atoms with Gasteiger partial charge in [-0.3, -0.25) is 15.8 Å². The number of rotatable bonds is 7. The molecule has 7 heteroatoms. The molecule has 4 nitrogen and oxygen atoms in total. The summed E-state index contributed by atoms with van der Waals surface area (Å²) in [5.41, 5.74) is 8.89. The molecule has 0 fully saturated rings. The molecule has 0 aliphatic carbocycles. The molecule has 0 saturated heterocycles. The molecule has 5 aromatic rings. The van der Waals surface area contributed by atoms with E-state index in [4.69, 9.17) is 5.73 Å². The summed E-state index contributed by atoms with van der Waals surface area (Å²) in [5, 5.41) is 6.74. The first kappa shape index (κ1) is 30.6. The number of anilines is 1. The van der Waals surface area contributed by atoms with Gasteiger partial charge in [-0.2, -0.15) is 0 Å². The summed E-state index contributed by atoms with van der Waals surface area (Å²) in [6, 6.07) is 44.6. The van der Waals surface area contributed by atoms with Gasteiger partial charge in [0.25, 0.3) is 11.7 Å². The largest absolute Gasteiger partial charge is 1.00 e. The highest BCUT2D eigenvalue weighted by Crippen LogP contribution is 2.61. The van der Waals surface area contributed by atoms with Gasteiger partial charge in [0.15, 0.2) is 13.5 Å². The molecule has 0 unspecified atom stereocenters. The number of hydrogen-bond donors (Lipinski definition) is 2. The number of halogens is 2. The quantitative estimate of drug-likeness (QED) is 0.191. The predicted molar refractivity (Wildman–Crippen MR) is 159 cm³/mol. The number of carbonyl (C=O) groups excluding carboxylic acids is 1. The van der Waals surface area contributed by atoms with Gasteiger partial charge in [-0.15, -0.1) is 0 Å². The topological polar surface area (TPSA) is 59.0 Å². The molecule has 0 aliphatic heterocycles. The summed E-state index contributed by atoms with van der Waals surface area (Å²) >= 11 is 0. The molecule has 0 aliphatic rings. The van der Waals surface area contributed by atoms with Gasteiger partial charge in [0, 0.05) is 11.6 Å². The van der Waals surface area contributed by atoms with Crippen LogP contribution in [0.25, 0.3) is 6.20 Å². The van der Waals surface area contributed by atoms with E-state index in [2.05, 4.69) is 78.1 Å². The second-order valence-electron chi connectivity index (χ2n) is 9.04. The van der Waals surface area contributed by atoms with Crippen molar-refractivity contribution < 1.29 is 34.2 Å². The molecule has 0 radical (unpaired) electrons. The van der Waals surface area contributed by atoms with Crippen molar-refractivity contribution in [1.82, 2.24) is 5.32 Å². The summed E-state index contributed by atoms with van der Waals surface area (Å²) in [7, 11) is -2.58. The highest BCUT2D eigenvalue weighted by atomic mass is 35.5. The smallest absolute Gasteiger partial charge is 0.277 e. The van der Waals surface area contributed by atoms with E-state index in [9.17, 15) is 4.79 Å². The average molecular weight is 587 g/mol. The lowest BCUT2D eigenvalue weighted by Crippen LogP contribution is -3.00. The number of benzene rings is 4. The van der Waals surface area contributed by atoms with Gasteiger partial charge in [-0.05, 0) is 61.5 Å². The molecule has 202 valence electrons. The van der Waals surface area contributed by atoms with E-state index in [1.54, 1.807) is 0 Å². The molecule has 0 spiro atoms. The van der Waals surface area contributed by atoms with E-state index in [0.29, 0.717) is 11.4 Å². The van der Waals surface area contributed by atoms with E-state index in [0.717, 1.165) is 26.9 Å². The number of pyridine rings is 1. The number of nitrogens with one attached hydrogen (secondary N) is 1. The second kappa shape index (κ2) is 13.9. The molecule has 0 atom stereocenters. The molecular weight excluding hydrogens is 556 g/mol. The van der Waals surface area contributed by atoms with Crippen molar-refractivity contribution >= 4 is 41.1 Å². The van der Waals surface area contributed by atoms with Crippen molar-refractivity contribution in [1.29, 1.82) is 0 Å². The van der Waals surface area contributed by atoms with Gasteiger partial charge in [0.1, 0.15) is 15.9 Å². The number of hydrogen-bond acceptors (Lipinski definition) is 2. The Morgan fingerprint density at radius 2 is 1.12 bits per heavy atom. The van der Waals surface area contributed by atoms with Crippen LogP contribution in [0.1, 0.15) is 15.9 Å². The molecular formula is C33H30Cl2N3OP. The fourth-order valence-electron chi connectivity index (χ4n) is 4.63. The molecule has 0 saturated carbocycles. The van der Waals surface area contributed by atoms with Crippen molar-refractivity contribution in [3.05, 3.63) is 156 Å². The monoisotopic (exact) mass is 585 g/mol. The van der Waals surface area contributed by atoms with Crippen LogP contribution in [0.3, 0.4) is 0 Å². The molecule has 3 N–H and O–H groups in total. The number of amides is 1. The van der Waals surface area contributed by atoms with Crippen molar-refractivity contribution in [2.75, 3.05) is 5.73 Å². The molecule has 5 rings (SSSR count). The Morgan fingerprint density at radius 3 is 1.57 bits per heavy atom. The molecule has 1 aromatic heterocycles. The van der Waals surface area contributed by atoms with Gasteiger partial charge in [-0.25, -0.2) is 4.57 Å². The number of carbonyl (C=O) groups is 1. The number of nitrogens with two attached hydrogens (primary N) is 1. The fourth-order valence-corrected chi connectivity index (χ4v) is 8.79. The van der Waals surface area contributed by atoms with Crippen molar-refractivity contribution in [3.8, 4) is 0 Å². The van der Waals surface area contributed by atoms with Crippen molar-refractivity contribution in [2.24, 2.45) is 0 Å². The highest BCUT2D eigenvalue weighted by molar-refractivity contribution is 7.99. The third kappa shape index (κ3) is 6.26. The van der Waals surface area contributed by atoms with Gasteiger partial charge < -0.3 is 24.8 Å². The Balaban J connectivity index is 0.00000220. The maximum atomic E-state index is 13.8. The van der Waals surface area contributed by atoms with Gasteiger partial charge >= 0.3 is 0 Å². The minimum Gasteiger partial charge on any atom is -1.00 e. The van der Waals surface area contributed by atoms with Gasteiger partial charge in [0.2, 0.25) is 5.44 Å². The first-order valence-electron chi connectivity index (χ1n) is 12.5. The van der Waals surface area contributed by atoms with Crippen LogP contribution in [0.4, 0.5) is 5.82 Å². The SMILES string of the molecule is Cc1ccc(C(=O)N/C(=C\[n+]2ccccc2N)[P+](c2ccccc2)(c2ccccc2)c2ccccc2)cc1.[Cl-].[Cl-]. The van der Waals surface area contributed by atoms with Crippen LogP contribution < -0.4 is 56.3 Å². The minimum absolute atomic E-state index is 0. The number of nitrogens with zero attached hydrogens (tertiary/aromatic N) is 1. The average Bonchev–Trinajstić information content (AvgIpc) is 2.97. The van der Waals surface area contributed by atoms with Crippen LogP contribution >= 0.6 is 7.26 Å². The van der Waals surface area contributed by atoms with Crippen molar-refractivity contribution in [3.63, 3.8) is 0 Å². The first-order chi connectivity index (χ1) is 18.6. The summed E-state index contributed by atoms with van der Waals surface area (Å²) in [6.45, 7) is 2.01. The predicted octanol–water partition coefficient (Wildman–Crippen LogP) is -0.947. The van der Waals surface area contributed by atoms with Crippen LogP contribution in [0.2, 0.25) is 0 Å². The Labute approximate surface area is 248 Å². The lowest BCUT2D eigenvalue weighted by Gasteiger charge is -2.29. The Hall–Kier alpha value is -3.95. The number of aryl methyl sites for hydroxylation is 1. The molecule has 0 bridgehead atoms. The van der Waals surface area contributed by atoms with E-state index in [1.165, 1.54) is 0 Å². The molecule has 1 amide bonds. The zero-order valence-corrected chi connectivity index (χ0v) is 24.4. The Kier molecular flexibility index (Phi) is 10.6. The second-order valence-corrected chi connectivity index (χ2v) is 12.4. The van der Waals surface area contributed by atoms with Crippen LogP contribution in [-0.2, 0) is 0 Å². The van der Waals surface area contributed by atoms with E-state index < -0.39 is 7.26 Å². The van der Waals surface area contributed by atoms with Gasteiger partial charge in [-0.1, -0.05) is 78.4 Å². The molecule has 40 heavy (non-hydrogen) atoms. The number of nitrogen functional groups attached to an aromatic ring is 1. The van der Waals surface area contributed by atoms with Crippen LogP contribution in [0.15, 0.2) is 145 Å². The normalized spacial score (nSPS) is 11.1.